The van der Waals surface area contributed by atoms with Crippen LogP contribution in [0, 0.1) is 5.92 Å². The molecule has 0 amide bonds. The van der Waals surface area contributed by atoms with Gasteiger partial charge in [0.1, 0.15) is 0 Å². The lowest BCUT2D eigenvalue weighted by Gasteiger charge is -2.19. The Labute approximate surface area is 102 Å². The number of nitrogens with two attached hydrogens (primary N) is 1. The molecule has 1 saturated carbocycles. The number of rotatable bonds is 4. The molecule has 2 atom stereocenters. The van der Waals surface area contributed by atoms with Crippen molar-refractivity contribution in [3.05, 3.63) is 34.9 Å². The second-order valence-electron chi connectivity index (χ2n) is 4.51. The van der Waals surface area contributed by atoms with Gasteiger partial charge in [-0.1, -0.05) is 36.2 Å². The zero-order valence-electron chi connectivity index (χ0n) is 9.45. The summed E-state index contributed by atoms with van der Waals surface area (Å²) in [6.45, 7) is 1.64. The highest BCUT2D eigenvalue weighted by molar-refractivity contribution is 6.31. The van der Waals surface area contributed by atoms with Crippen molar-refractivity contribution in [2.24, 2.45) is 11.7 Å². The summed E-state index contributed by atoms with van der Waals surface area (Å²) in [5.74, 6) is 0.641. The summed E-state index contributed by atoms with van der Waals surface area (Å²) in [7, 11) is 0. The highest BCUT2D eigenvalue weighted by Crippen LogP contribution is 2.25. The molecule has 0 saturated heterocycles. The molecule has 3 N–H and O–H groups in total. The van der Waals surface area contributed by atoms with E-state index < -0.39 is 0 Å². The van der Waals surface area contributed by atoms with Crippen molar-refractivity contribution in [3.63, 3.8) is 0 Å². The van der Waals surface area contributed by atoms with Gasteiger partial charge in [-0.25, -0.2) is 0 Å². The van der Waals surface area contributed by atoms with Crippen LogP contribution in [0.1, 0.15) is 24.8 Å². The summed E-state index contributed by atoms with van der Waals surface area (Å²) >= 11 is 6.12. The first-order valence-corrected chi connectivity index (χ1v) is 6.36. The first kappa shape index (κ1) is 11.9. The van der Waals surface area contributed by atoms with Crippen LogP contribution in [-0.4, -0.2) is 12.6 Å². The molecule has 2 rings (SSSR count). The molecule has 1 aromatic rings. The lowest BCUT2D eigenvalue weighted by Crippen LogP contribution is -2.35. The van der Waals surface area contributed by atoms with Gasteiger partial charge in [-0.3, -0.25) is 0 Å². The Morgan fingerprint density at radius 2 is 2.12 bits per heavy atom. The SMILES string of the molecule is NCC1CCCC1NCc1ccccc1Cl. The van der Waals surface area contributed by atoms with Crippen molar-refractivity contribution in [2.75, 3.05) is 6.54 Å². The van der Waals surface area contributed by atoms with Gasteiger partial charge in [-0.15, -0.1) is 0 Å². The fraction of sp³-hybridized carbons (Fsp3) is 0.538. The monoisotopic (exact) mass is 238 g/mol. The van der Waals surface area contributed by atoms with Crippen LogP contribution >= 0.6 is 11.6 Å². The van der Waals surface area contributed by atoms with Gasteiger partial charge in [0.05, 0.1) is 0 Å². The van der Waals surface area contributed by atoms with Gasteiger partial charge >= 0.3 is 0 Å². The van der Waals surface area contributed by atoms with Crippen molar-refractivity contribution in [1.29, 1.82) is 0 Å². The first-order chi connectivity index (χ1) is 7.81. The minimum absolute atomic E-state index is 0.571. The molecular formula is C13H19ClN2. The van der Waals surface area contributed by atoms with Gasteiger partial charge in [0.2, 0.25) is 0 Å². The largest absolute Gasteiger partial charge is 0.330 e. The predicted octanol–water partition coefficient (Wildman–Crippen LogP) is 2.56. The third-order valence-corrected chi connectivity index (χ3v) is 3.84. The lowest BCUT2D eigenvalue weighted by atomic mass is 10.0. The summed E-state index contributed by atoms with van der Waals surface area (Å²) < 4.78 is 0. The quantitative estimate of drug-likeness (QED) is 0.846. The molecule has 1 fully saturated rings. The second-order valence-corrected chi connectivity index (χ2v) is 4.91. The summed E-state index contributed by atoms with van der Waals surface area (Å²) in [4.78, 5) is 0. The Bertz CT molecular complexity index is 340. The molecular weight excluding hydrogens is 220 g/mol. The summed E-state index contributed by atoms with van der Waals surface area (Å²) in [5, 5.41) is 4.42. The van der Waals surface area contributed by atoms with Gasteiger partial charge < -0.3 is 11.1 Å². The highest BCUT2D eigenvalue weighted by Gasteiger charge is 2.25. The molecule has 0 spiro atoms. The molecule has 0 heterocycles. The zero-order valence-corrected chi connectivity index (χ0v) is 10.2. The fourth-order valence-corrected chi connectivity index (χ4v) is 2.67. The molecule has 1 aromatic carbocycles. The van der Waals surface area contributed by atoms with Crippen molar-refractivity contribution < 1.29 is 0 Å². The maximum atomic E-state index is 6.12. The summed E-state index contributed by atoms with van der Waals surface area (Å²) in [6.07, 6.45) is 3.80. The Balaban J connectivity index is 1.90. The molecule has 0 bridgehead atoms. The summed E-state index contributed by atoms with van der Waals surface area (Å²) in [6, 6.07) is 8.57. The number of hydrogen-bond acceptors (Lipinski definition) is 2. The highest BCUT2D eigenvalue weighted by atomic mass is 35.5. The number of nitrogens with one attached hydrogen (secondary N) is 1. The van der Waals surface area contributed by atoms with E-state index in [9.17, 15) is 0 Å². The van der Waals surface area contributed by atoms with Crippen LogP contribution in [0.3, 0.4) is 0 Å². The van der Waals surface area contributed by atoms with Gasteiger partial charge in [-0.05, 0) is 36.9 Å². The van der Waals surface area contributed by atoms with E-state index in [1.165, 1.54) is 24.8 Å². The molecule has 1 aliphatic rings. The van der Waals surface area contributed by atoms with Crippen LogP contribution in [0.5, 0.6) is 0 Å². The zero-order chi connectivity index (χ0) is 11.4. The third-order valence-electron chi connectivity index (χ3n) is 3.47. The molecule has 16 heavy (non-hydrogen) atoms. The van der Waals surface area contributed by atoms with E-state index in [0.717, 1.165) is 18.1 Å². The van der Waals surface area contributed by atoms with E-state index in [4.69, 9.17) is 17.3 Å². The Hall–Kier alpha value is -0.570. The maximum absolute atomic E-state index is 6.12. The third kappa shape index (κ3) is 2.76. The van der Waals surface area contributed by atoms with Crippen molar-refractivity contribution in [2.45, 2.75) is 31.8 Å². The molecule has 0 aliphatic heterocycles. The second kappa shape index (κ2) is 5.67. The molecule has 0 aromatic heterocycles. The molecule has 3 heteroatoms. The molecule has 0 radical (unpaired) electrons. The smallest absolute Gasteiger partial charge is 0.0450 e. The summed E-state index contributed by atoms with van der Waals surface area (Å²) in [5.41, 5.74) is 6.93. The van der Waals surface area contributed by atoms with Crippen LogP contribution in [0.15, 0.2) is 24.3 Å². The van der Waals surface area contributed by atoms with E-state index >= 15 is 0 Å². The van der Waals surface area contributed by atoms with Crippen LogP contribution in [0.2, 0.25) is 5.02 Å². The van der Waals surface area contributed by atoms with Crippen LogP contribution < -0.4 is 11.1 Å². The van der Waals surface area contributed by atoms with Crippen LogP contribution in [0.25, 0.3) is 0 Å². The average molecular weight is 239 g/mol. The first-order valence-electron chi connectivity index (χ1n) is 5.98. The fourth-order valence-electron chi connectivity index (χ4n) is 2.47. The average Bonchev–Trinajstić information content (AvgIpc) is 2.75. The van der Waals surface area contributed by atoms with E-state index in [-0.39, 0.29) is 0 Å². The number of benzene rings is 1. The van der Waals surface area contributed by atoms with Crippen molar-refractivity contribution >= 4 is 11.6 Å². The normalized spacial score (nSPS) is 24.9. The van der Waals surface area contributed by atoms with Gasteiger partial charge in [-0.2, -0.15) is 0 Å². The Kier molecular flexibility index (Phi) is 4.22. The topological polar surface area (TPSA) is 38.0 Å². The van der Waals surface area contributed by atoms with Gasteiger partial charge in [0.15, 0.2) is 0 Å². The molecule has 2 unspecified atom stereocenters. The Morgan fingerprint density at radius 3 is 2.88 bits per heavy atom. The maximum Gasteiger partial charge on any atom is 0.0450 e. The number of hydrogen-bond donors (Lipinski definition) is 2. The van der Waals surface area contributed by atoms with Crippen molar-refractivity contribution in [3.8, 4) is 0 Å². The van der Waals surface area contributed by atoms with Crippen LogP contribution in [0.4, 0.5) is 0 Å². The predicted molar refractivity (Wildman–Crippen MR) is 68.5 cm³/mol. The molecule has 88 valence electrons. The molecule has 2 nitrogen and oxygen atoms in total. The van der Waals surface area contributed by atoms with E-state index in [1.54, 1.807) is 0 Å². The van der Waals surface area contributed by atoms with E-state index in [0.29, 0.717) is 12.0 Å². The molecule has 1 aliphatic carbocycles. The Morgan fingerprint density at radius 1 is 1.31 bits per heavy atom. The number of halogens is 1. The minimum Gasteiger partial charge on any atom is -0.330 e. The van der Waals surface area contributed by atoms with Crippen LogP contribution in [-0.2, 0) is 6.54 Å². The van der Waals surface area contributed by atoms with E-state index in [2.05, 4.69) is 11.4 Å². The minimum atomic E-state index is 0.571. The van der Waals surface area contributed by atoms with E-state index in [1.807, 2.05) is 18.2 Å². The lowest BCUT2D eigenvalue weighted by molar-refractivity contribution is 0.406. The van der Waals surface area contributed by atoms with Crippen molar-refractivity contribution in [1.82, 2.24) is 5.32 Å². The van der Waals surface area contributed by atoms with Gasteiger partial charge in [0, 0.05) is 17.6 Å². The standard InChI is InChI=1S/C13H19ClN2/c14-12-6-2-1-4-11(12)9-16-13-7-3-5-10(13)8-15/h1-2,4,6,10,13,16H,3,5,7-9,15H2. The van der Waals surface area contributed by atoms with Gasteiger partial charge in [0.25, 0.3) is 0 Å².